The van der Waals surface area contributed by atoms with Gasteiger partial charge < -0.3 is 15.4 Å². The van der Waals surface area contributed by atoms with Crippen molar-refractivity contribution >= 4 is 11.9 Å². The highest BCUT2D eigenvalue weighted by molar-refractivity contribution is 5.94. The summed E-state index contributed by atoms with van der Waals surface area (Å²) in [6.45, 7) is 3.28. The van der Waals surface area contributed by atoms with Gasteiger partial charge in [-0.1, -0.05) is 31.4 Å². The van der Waals surface area contributed by atoms with Gasteiger partial charge in [-0.3, -0.25) is 9.59 Å². The van der Waals surface area contributed by atoms with Crippen molar-refractivity contribution in [1.29, 1.82) is 0 Å². The molecule has 2 N–H and O–H groups in total. The lowest BCUT2D eigenvalue weighted by atomic mass is 9.64. The molecule has 0 aromatic heterocycles. The van der Waals surface area contributed by atoms with Crippen molar-refractivity contribution in [1.82, 2.24) is 10.6 Å². The predicted octanol–water partition coefficient (Wildman–Crippen LogP) is 4.35. The van der Waals surface area contributed by atoms with Crippen molar-refractivity contribution in [3.8, 4) is 0 Å². The molecule has 0 aliphatic heterocycles. The van der Waals surface area contributed by atoms with Gasteiger partial charge in [0.05, 0.1) is 13.0 Å². The molecular formula is C24H36N2O3. The lowest BCUT2D eigenvalue weighted by molar-refractivity contribution is -0.142. The average molecular weight is 401 g/mol. The molecule has 1 amide bonds. The largest absolute Gasteiger partial charge is 0.466 e. The number of nitrogens with one attached hydrogen (secondary N) is 2. The molecule has 5 heteroatoms. The first-order chi connectivity index (χ1) is 14.1. The van der Waals surface area contributed by atoms with Gasteiger partial charge in [-0.2, -0.15) is 0 Å². The number of hydrogen-bond donors (Lipinski definition) is 2. The maximum absolute atomic E-state index is 12.2. The Kier molecular flexibility index (Phi) is 8.10. The summed E-state index contributed by atoms with van der Waals surface area (Å²) in [6, 6.07) is 8.36. The number of rotatable bonds is 8. The van der Waals surface area contributed by atoms with Crippen LogP contribution in [0.2, 0.25) is 0 Å². The summed E-state index contributed by atoms with van der Waals surface area (Å²) >= 11 is 0. The molecule has 2 saturated carbocycles. The Hall–Kier alpha value is -1.88. The highest BCUT2D eigenvalue weighted by Crippen LogP contribution is 2.47. The highest BCUT2D eigenvalue weighted by Gasteiger charge is 2.35. The van der Waals surface area contributed by atoms with Crippen LogP contribution in [0.3, 0.4) is 0 Å². The lowest BCUT2D eigenvalue weighted by Gasteiger charge is -2.43. The van der Waals surface area contributed by atoms with Crippen LogP contribution in [0.4, 0.5) is 0 Å². The first-order valence-electron chi connectivity index (χ1n) is 11.4. The molecule has 2 fully saturated rings. The molecule has 29 heavy (non-hydrogen) atoms. The summed E-state index contributed by atoms with van der Waals surface area (Å²) in [6.07, 6.45) is 12.7. The number of amides is 1. The summed E-state index contributed by atoms with van der Waals surface area (Å²) in [4.78, 5) is 23.5. The molecule has 0 heterocycles. The summed E-state index contributed by atoms with van der Waals surface area (Å²) in [5.41, 5.74) is 2.49. The van der Waals surface area contributed by atoms with Crippen molar-refractivity contribution in [2.45, 2.75) is 83.7 Å². The van der Waals surface area contributed by atoms with Gasteiger partial charge in [0.25, 0.3) is 5.91 Å². The number of hydrogen-bond acceptors (Lipinski definition) is 4. The van der Waals surface area contributed by atoms with Crippen LogP contribution in [0.25, 0.3) is 0 Å². The zero-order valence-corrected chi connectivity index (χ0v) is 17.8. The van der Waals surface area contributed by atoms with Crippen molar-refractivity contribution < 1.29 is 14.3 Å². The quantitative estimate of drug-likeness (QED) is 0.637. The smallest absolute Gasteiger partial charge is 0.307 e. The van der Waals surface area contributed by atoms with Gasteiger partial charge in [-0.25, -0.2) is 0 Å². The van der Waals surface area contributed by atoms with E-state index in [2.05, 4.69) is 10.6 Å². The molecule has 0 atom stereocenters. The van der Waals surface area contributed by atoms with Crippen LogP contribution in [0.1, 0.15) is 87.1 Å². The van der Waals surface area contributed by atoms with Crippen LogP contribution in [0, 0.1) is 5.41 Å². The van der Waals surface area contributed by atoms with Crippen molar-refractivity contribution in [3.63, 3.8) is 0 Å². The molecule has 0 radical (unpaired) electrons. The van der Waals surface area contributed by atoms with Gasteiger partial charge in [-0.05, 0) is 68.6 Å². The van der Waals surface area contributed by atoms with Crippen LogP contribution >= 0.6 is 0 Å². The minimum atomic E-state index is -0.286. The van der Waals surface area contributed by atoms with Gasteiger partial charge in [0.15, 0.2) is 0 Å². The zero-order valence-electron chi connectivity index (χ0n) is 17.8. The number of carbonyl (C=O) groups excluding carboxylic acids is 2. The first kappa shape index (κ1) is 21.8. The molecular weight excluding hydrogens is 364 g/mol. The fourth-order valence-electron chi connectivity index (χ4n) is 4.89. The van der Waals surface area contributed by atoms with Gasteiger partial charge in [0.1, 0.15) is 0 Å². The third-order valence-electron chi connectivity index (χ3n) is 6.69. The summed E-state index contributed by atoms with van der Waals surface area (Å²) < 4.78 is 4.86. The SMILES string of the molecule is CCOC(=O)CCNC(=O)c1ccc(CNC2CCC3(CCCCC3)CC2)cc1. The second kappa shape index (κ2) is 10.8. The maximum atomic E-state index is 12.2. The standard InChI is InChI=1S/C24H36N2O3/c1-2-29-22(27)12-17-25-23(28)20-8-6-19(7-9-20)18-26-21-10-15-24(16-11-21)13-4-3-5-14-24/h6-9,21,26H,2-5,10-18H2,1H3,(H,25,28). The molecule has 0 bridgehead atoms. The number of carbonyl (C=O) groups is 2. The molecule has 1 aromatic rings. The van der Waals surface area contributed by atoms with E-state index < -0.39 is 0 Å². The predicted molar refractivity (Wildman–Crippen MR) is 115 cm³/mol. The number of esters is 1. The second-order valence-corrected chi connectivity index (χ2v) is 8.72. The first-order valence-corrected chi connectivity index (χ1v) is 11.4. The Morgan fingerprint density at radius 3 is 2.38 bits per heavy atom. The number of ether oxygens (including phenoxy) is 1. The van der Waals surface area contributed by atoms with E-state index in [4.69, 9.17) is 4.74 Å². The Morgan fingerprint density at radius 2 is 1.72 bits per heavy atom. The summed E-state index contributed by atoms with van der Waals surface area (Å²) in [7, 11) is 0. The Labute approximate surface area is 175 Å². The van der Waals surface area contributed by atoms with E-state index in [1.54, 1.807) is 6.92 Å². The van der Waals surface area contributed by atoms with Gasteiger partial charge in [0, 0.05) is 24.7 Å². The molecule has 160 valence electrons. The van der Waals surface area contributed by atoms with E-state index in [0.29, 0.717) is 30.2 Å². The average Bonchev–Trinajstić information content (AvgIpc) is 2.74. The Bertz CT molecular complexity index is 655. The lowest BCUT2D eigenvalue weighted by Crippen LogP contribution is -2.38. The molecule has 0 unspecified atom stereocenters. The molecule has 2 aliphatic carbocycles. The molecule has 3 rings (SSSR count). The summed E-state index contributed by atoms with van der Waals surface area (Å²) in [5, 5.41) is 6.48. The van der Waals surface area contributed by atoms with Crippen molar-refractivity contribution in [2.75, 3.05) is 13.2 Å². The summed E-state index contributed by atoms with van der Waals surface area (Å²) in [5.74, 6) is -0.440. The van der Waals surface area contributed by atoms with Crippen LogP contribution in [0.5, 0.6) is 0 Å². The van der Waals surface area contributed by atoms with Crippen LogP contribution < -0.4 is 10.6 Å². The van der Waals surface area contributed by atoms with Crippen molar-refractivity contribution in [3.05, 3.63) is 35.4 Å². The minimum absolute atomic E-state index is 0.154. The monoisotopic (exact) mass is 400 g/mol. The molecule has 5 nitrogen and oxygen atoms in total. The van der Waals surface area contributed by atoms with E-state index in [9.17, 15) is 9.59 Å². The highest BCUT2D eigenvalue weighted by atomic mass is 16.5. The third-order valence-corrected chi connectivity index (χ3v) is 6.69. The van der Waals surface area contributed by atoms with E-state index in [-0.39, 0.29) is 18.3 Å². The van der Waals surface area contributed by atoms with E-state index in [0.717, 1.165) is 6.54 Å². The van der Waals surface area contributed by atoms with Gasteiger partial charge in [-0.15, -0.1) is 0 Å². The fraction of sp³-hybridized carbons (Fsp3) is 0.667. The van der Waals surface area contributed by atoms with E-state index in [1.165, 1.54) is 63.4 Å². The normalized spacial score (nSPS) is 19.1. The van der Waals surface area contributed by atoms with Crippen LogP contribution in [-0.2, 0) is 16.1 Å². The second-order valence-electron chi connectivity index (χ2n) is 8.72. The van der Waals surface area contributed by atoms with Crippen LogP contribution in [0.15, 0.2) is 24.3 Å². The molecule has 1 spiro atoms. The number of benzene rings is 1. The topological polar surface area (TPSA) is 67.4 Å². The zero-order chi connectivity index (χ0) is 20.5. The maximum Gasteiger partial charge on any atom is 0.307 e. The van der Waals surface area contributed by atoms with E-state index in [1.807, 2.05) is 24.3 Å². The Morgan fingerprint density at radius 1 is 1.03 bits per heavy atom. The molecule has 1 aromatic carbocycles. The van der Waals surface area contributed by atoms with Gasteiger partial charge >= 0.3 is 5.97 Å². The van der Waals surface area contributed by atoms with Crippen molar-refractivity contribution in [2.24, 2.45) is 5.41 Å². The fourth-order valence-corrected chi connectivity index (χ4v) is 4.89. The minimum Gasteiger partial charge on any atom is -0.466 e. The van der Waals surface area contributed by atoms with Gasteiger partial charge in [0.2, 0.25) is 0 Å². The molecule has 2 aliphatic rings. The van der Waals surface area contributed by atoms with Crippen LogP contribution in [-0.4, -0.2) is 31.1 Å². The Balaban J connectivity index is 1.37. The van der Waals surface area contributed by atoms with E-state index >= 15 is 0 Å². The third kappa shape index (κ3) is 6.56. The molecule has 0 saturated heterocycles.